The number of hydrogen-bond acceptors (Lipinski definition) is 3. The Labute approximate surface area is 141 Å². The first kappa shape index (κ1) is 16.1. The van der Waals surface area contributed by atoms with E-state index in [1.807, 2.05) is 24.3 Å². The van der Waals surface area contributed by atoms with E-state index >= 15 is 0 Å². The molecule has 1 aromatic heterocycles. The molecule has 1 heterocycles. The fraction of sp³-hybridized carbons (Fsp3) is 0.444. The Hall–Kier alpha value is -1.81. The largest absolute Gasteiger partial charge is 0.364 e. The Morgan fingerprint density at radius 2 is 2.00 bits per heavy atom. The second-order valence-corrected chi connectivity index (χ2v) is 6.62. The molecule has 0 aliphatic heterocycles. The third kappa shape index (κ3) is 3.58. The highest BCUT2D eigenvalue weighted by Gasteiger charge is 2.42. The quantitative estimate of drug-likeness (QED) is 0.816. The molecule has 1 aliphatic carbocycles. The highest BCUT2D eigenvalue weighted by atomic mass is 35.5. The molecule has 0 unspecified atom stereocenters. The summed E-state index contributed by atoms with van der Waals surface area (Å²) in [6, 6.07) is 7.72. The SMILES string of the molecule is O=C(NCCCc1cnoc1)C1(c2ccc(Cl)cc2)CCCC1. The zero-order valence-corrected chi connectivity index (χ0v) is 13.8. The van der Waals surface area contributed by atoms with Crippen molar-refractivity contribution in [3.8, 4) is 0 Å². The van der Waals surface area contributed by atoms with Crippen molar-refractivity contribution in [2.45, 2.75) is 43.9 Å². The fourth-order valence-corrected chi connectivity index (χ4v) is 3.53. The first-order chi connectivity index (χ1) is 11.2. The van der Waals surface area contributed by atoms with Crippen LogP contribution in [0.5, 0.6) is 0 Å². The van der Waals surface area contributed by atoms with Gasteiger partial charge in [-0.25, -0.2) is 0 Å². The Morgan fingerprint density at radius 3 is 2.65 bits per heavy atom. The molecule has 1 saturated carbocycles. The molecule has 3 rings (SSSR count). The highest BCUT2D eigenvalue weighted by Crippen LogP contribution is 2.41. The van der Waals surface area contributed by atoms with Crippen LogP contribution in [0.15, 0.2) is 41.2 Å². The maximum atomic E-state index is 12.8. The zero-order chi connectivity index (χ0) is 16.1. The molecule has 4 nitrogen and oxygen atoms in total. The van der Waals surface area contributed by atoms with Crippen molar-refractivity contribution >= 4 is 17.5 Å². The molecule has 122 valence electrons. The van der Waals surface area contributed by atoms with Gasteiger partial charge in [0.2, 0.25) is 5.91 Å². The number of amides is 1. The van der Waals surface area contributed by atoms with Crippen LogP contribution in [0.2, 0.25) is 5.02 Å². The topological polar surface area (TPSA) is 55.1 Å². The Kier molecular flexibility index (Phi) is 5.01. The monoisotopic (exact) mass is 332 g/mol. The van der Waals surface area contributed by atoms with E-state index in [4.69, 9.17) is 16.1 Å². The van der Waals surface area contributed by atoms with E-state index in [0.29, 0.717) is 11.6 Å². The van der Waals surface area contributed by atoms with E-state index in [9.17, 15) is 4.79 Å². The smallest absolute Gasteiger partial charge is 0.230 e. The Bertz CT molecular complexity index is 632. The van der Waals surface area contributed by atoms with Gasteiger partial charge in [0.1, 0.15) is 6.26 Å². The molecule has 1 aromatic carbocycles. The molecule has 1 N–H and O–H groups in total. The second-order valence-electron chi connectivity index (χ2n) is 6.19. The normalized spacial score (nSPS) is 16.4. The average molecular weight is 333 g/mol. The first-order valence-electron chi connectivity index (χ1n) is 8.13. The molecular weight excluding hydrogens is 312 g/mol. The standard InChI is InChI=1S/C18H21ClN2O2/c19-16-7-5-15(6-8-16)18(9-1-2-10-18)17(22)20-11-3-4-14-12-21-23-13-14/h5-8,12-13H,1-4,9-11H2,(H,20,22). The van der Waals surface area contributed by atoms with Crippen molar-refractivity contribution < 1.29 is 9.32 Å². The third-order valence-corrected chi connectivity index (χ3v) is 4.95. The van der Waals surface area contributed by atoms with E-state index in [1.54, 1.807) is 12.5 Å². The van der Waals surface area contributed by atoms with E-state index in [2.05, 4.69) is 10.5 Å². The third-order valence-electron chi connectivity index (χ3n) is 4.70. The summed E-state index contributed by atoms with van der Waals surface area (Å²) in [5, 5.41) is 7.51. The Morgan fingerprint density at radius 1 is 1.26 bits per heavy atom. The van der Waals surface area contributed by atoms with Gasteiger partial charge in [0, 0.05) is 17.1 Å². The van der Waals surface area contributed by atoms with Gasteiger partial charge in [0.15, 0.2) is 0 Å². The van der Waals surface area contributed by atoms with Crippen LogP contribution in [0.3, 0.4) is 0 Å². The summed E-state index contributed by atoms with van der Waals surface area (Å²) in [6.45, 7) is 0.666. The van der Waals surface area contributed by atoms with Gasteiger partial charge in [-0.1, -0.05) is 41.7 Å². The second kappa shape index (κ2) is 7.18. The molecule has 23 heavy (non-hydrogen) atoms. The van der Waals surface area contributed by atoms with Crippen molar-refractivity contribution in [3.05, 3.63) is 52.9 Å². The van der Waals surface area contributed by atoms with Crippen LogP contribution in [0.25, 0.3) is 0 Å². The van der Waals surface area contributed by atoms with Gasteiger partial charge >= 0.3 is 0 Å². The van der Waals surface area contributed by atoms with Gasteiger partial charge in [0.25, 0.3) is 0 Å². The molecule has 5 heteroatoms. The van der Waals surface area contributed by atoms with Crippen LogP contribution < -0.4 is 5.32 Å². The maximum Gasteiger partial charge on any atom is 0.230 e. The van der Waals surface area contributed by atoms with Gasteiger partial charge in [-0.15, -0.1) is 0 Å². The van der Waals surface area contributed by atoms with Crippen molar-refractivity contribution in [2.75, 3.05) is 6.54 Å². The predicted molar refractivity (Wildman–Crippen MR) is 89.4 cm³/mol. The summed E-state index contributed by atoms with van der Waals surface area (Å²) >= 11 is 5.98. The summed E-state index contributed by atoms with van der Waals surface area (Å²) in [7, 11) is 0. The maximum absolute atomic E-state index is 12.8. The minimum atomic E-state index is -0.387. The first-order valence-corrected chi connectivity index (χ1v) is 8.51. The van der Waals surface area contributed by atoms with Gasteiger partial charge in [-0.2, -0.15) is 0 Å². The molecule has 2 aromatic rings. The molecular formula is C18H21ClN2O2. The summed E-state index contributed by atoms with van der Waals surface area (Å²) in [4.78, 5) is 12.8. The highest BCUT2D eigenvalue weighted by molar-refractivity contribution is 6.30. The summed E-state index contributed by atoms with van der Waals surface area (Å²) in [6.07, 6.45) is 9.11. The fourth-order valence-electron chi connectivity index (χ4n) is 3.41. The van der Waals surface area contributed by atoms with Gasteiger partial charge in [-0.3, -0.25) is 4.79 Å². The van der Waals surface area contributed by atoms with Crippen molar-refractivity contribution in [2.24, 2.45) is 0 Å². The number of benzene rings is 1. The van der Waals surface area contributed by atoms with Crippen molar-refractivity contribution in [3.63, 3.8) is 0 Å². The number of aromatic nitrogens is 1. The lowest BCUT2D eigenvalue weighted by molar-refractivity contribution is -0.126. The molecule has 0 radical (unpaired) electrons. The predicted octanol–water partition coefficient (Wildman–Crippen LogP) is 3.89. The van der Waals surface area contributed by atoms with Crippen LogP contribution in [0, 0.1) is 0 Å². The molecule has 1 amide bonds. The number of halogens is 1. The number of nitrogens with zero attached hydrogens (tertiary/aromatic N) is 1. The Balaban J connectivity index is 1.61. The summed E-state index contributed by atoms with van der Waals surface area (Å²) < 4.78 is 4.81. The van der Waals surface area contributed by atoms with Crippen LogP contribution in [-0.2, 0) is 16.6 Å². The number of carbonyl (C=O) groups excluding carboxylic acids is 1. The molecule has 0 bridgehead atoms. The summed E-state index contributed by atoms with van der Waals surface area (Å²) in [5.41, 5.74) is 1.75. The van der Waals surface area contributed by atoms with E-state index in [-0.39, 0.29) is 11.3 Å². The van der Waals surface area contributed by atoms with Crippen LogP contribution in [0.4, 0.5) is 0 Å². The molecule has 0 saturated heterocycles. The minimum Gasteiger partial charge on any atom is -0.364 e. The number of nitrogens with one attached hydrogen (secondary N) is 1. The van der Waals surface area contributed by atoms with Gasteiger partial charge in [-0.05, 0) is 43.4 Å². The number of hydrogen-bond donors (Lipinski definition) is 1. The zero-order valence-electron chi connectivity index (χ0n) is 13.1. The van der Waals surface area contributed by atoms with Crippen molar-refractivity contribution in [1.29, 1.82) is 0 Å². The van der Waals surface area contributed by atoms with Crippen LogP contribution in [0.1, 0.15) is 43.2 Å². The minimum absolute atomic E-state index is 0.141. The van der Waals surface area contributed by atoms with E-state index in [0.717, 1.165) is 49.7 Å². The van der Waals surface area contributed by atoms with Gasteiger partial charge < -0.3 is 9.84 Å². The van der Waals surface area contributed by atoms with Crippen LogP contribution in [-0.4, -0.2) is 17.6 Å². The average Bonchev–Trinajstić information content (AvgIpc) is 3.24. The number of carbonyl (C=O) groups is 1. The van der Waals surface area contributed by atoms with E-state index < -0.39 is 0 Å². The lowest BCUT2D eigenvalue weighted by atomic mass is 9.78. The lowest BCUT2D eigenvalue weighted by Gasteiger charge is -2.28. The van der Waals surface area contributed by atoms with Gasteiger partial charge in [0.05, 0.1) is 11.6 Å². The molecule has 1 aliphatic rings. The number of aryl methyl sites for hydroxylation is 1. The van der Waals surface area contributed by atoms with Crippen LogP contribution >= 0.6 is 11.6 Å². The lowest BCUT2D eigenvalue weighted by Crippen LogP contribution is -2.43. The number of rotatable bonds is 6. The molecule has 1 fully saturated rings. The summed E-state index contributed by atoms with van der Waals surface area (Å²) in [5.74, 6) is 0.141. The van der Waals surface area contributed by atoms with E-state index in [1.165, 1.54) is 0 Å². The molecule has 0 atom stereocenters. The van der Waals surface area contributed by atoms with Crippen molar-refractivity contribution in [1.82, 2.24) is 10.5 Å². The molecule has 0 spiro atoms.